The summed E-state index contributed by atoms with van der Waals surface area (Å²) in [6.45, 7) is 0. The van der Waals surface area contributed by atoms with Gasteiger partial charge in [-0.3, -0.25) is 4.98 Å². The summed E-state index contributed by atoms with van der Waals surface area (Å²) >= 11 is 0. The molecule has 3 nitrogen and oxygen atoms in total. The maximum absolute atomic E-state index is 12.3. The van der Waals surface area contributed by atoms with E-state index in [0.717, 1.165) is 12.1 Å². The van der Waals surface area contributed by atoms with Crippen molar-refractivity contribution in [3.05, 3.63) is 36.5 Å². The lowest BCUT2D eigenvalue weighted by atomic mass is 10.2. The molecule has 1 heterocycles. The molecule has 1 aromatic carbocycles. The molecule has 2 aromatic rings. The van der Waals surface area contributed by atoms with E-state index < -0.39 is 20.2 Å². The number of pyridine rings is 1. The molecule has 0 aliphatic rings. The van der Waals surface area contributed by atoms with Crippen molar-refractivity contribution in [3.8, 4) is 0 Å². The molecule has 0 N–H and O–H groups in total. The largest absolute Gasteiger partial charge is 0.501 e. The van der Waals surface area contributed by atoms with Gasteiger partial charge < -0.3 is 0 Å². The Morgan fingerprint density at radius 2 is 1.82 bits per heavy atom. The summed E-state index contributed by atoms with van der Waals surface area (Å²) in [5.41, 5.74) is -5.09. The van der Waals surface area contributed by atoms with Gasteiger partial charge in [-0.15, -0.1) is 0 Å². The molecule has 17 heavy (non-hydrogen) atoms. The average Bonchev–Trinajstić information content (AvgIpc) is 2.27. The normalized spacial score (nSPS) is 12.9. The Balaban J connectivity index is 2.66. The molecule has 1 aromatic heterocycles. The molecule has 0 atom stereocenters. The lowest BCUT2D eigenvalue weighted by molar-refractivity contribution is -0.0435. The lowest BCUT2D eigenvalue weighted by Gasteiger charge is -2.08. The molecule has 0 saturated heterocycles. The second-order valence-electron chi connectivity index (χ2n) is 3.31. The molecular formula is C10H6F3NO2S. The zero-order valence-corrected chi connectivity index (χ0v) is 9.09. The zero-order valence-electron chi connectivity index (χ0n) is 8.27. The number of rotatable bonds is 1. The predicted octanol–water partition coefficient (Wildman–Crippen LogP) is 2.53. The fourth-order valence-electron chi connectivity index (χ4n) is 1.35. The standard InChI is InChI=1S/C10H6F3NO2S/c11-10(12,13)17(15,16)8-4-3-7-2-1-5-14-9(7)6-8/h1-6H. The van der Waals surface area contributed by atoms with E-state index in [0.29, 0.717) is 5.39 Å². The number of hydrogen-bond donors (Lipinski definition) is 0. The molecule has 7 heteroatoms. The van der Waals surface area contributed by atoms with Crippen molar-refractivity contribution in [2.24, 2.45) is 0 Å². The van der Waals surface area contributed by atoms with E-state index in [2.05, 4.69) is 4.98 Å². The Hall–Kier alpha value is -1.63. The first-order valence-electron chi connectivity index (χ1n) is 4.48. The molecule has 2 rings (SSSR count). The van der Waals surface area contributed by atoms with Crippen LogP contribution in [0.4, 0.5) is 13.2 Å². The van der Waals surface area contributed by atoms with E-state index in [1.165, 1.54) is 12.3 Å². The van der Waals surface area contributed by atoms with E-state index in [1.54, 1.807) is 12.1 Å². The summed E-state index contributed by atoms with van der Waals surface area (Å²) in [5, 5.41) is 0.577. The third kappa shape index (κ3) is 1.97. The molecule has 0 bridgehead atoms. The highest BCUT2D eigenvalue weighted by atomic mass is 32.2. The van der Waals surface area contributed by atoms with Crippen LogP contribution in [-0.4, -0.2) is 18.9 Å². The Kier molecular flexibility index (Phi) is 2.57. The van der Waals surface area contributed by atoms with E-state index in [1.807, 2.05) is 0 Å². The smallest absolute Gasteiger partial charge is 0.256 e. The number of halogens is 3. The summed E-state index contributed by atoms with van der Waals surface area (Å²) in [6, 6.07) is 6.37. The van der Waals surface area contributed by atoms with Crippen molar-refractivity contribution in [2.45, 2.75) is 10.4 Å². The van der Waals surface area contributed by atoms with Gasteiger partial charge in [0, 0.05) is 11.6 Å². The van der Waals surface area contributed by atoms with Crippen molar-refractivity contribution in [1.82, 2.24) is 4.98 Å². The predicted molar refractivity (Wildman–Crippen MR) is 55.0 cm³/mol. The van der Waals surface area contributed by atoms with Gasteiger partial charge in [-0.25, -0.2) is 8.42 Å². The number of hydrogen-bond acceptors (Lipinski definition) is 3. The molecule has 0 radical (unpaired) electrons. The molecule has 0 spiro atoms. The minimum absolute atomic E-state index is 0.206. The van der Waals surface area contributed by atoms with Crippen LogP contribution in [0.1, 0.15) is 0 Å². The number of benzene rings is 1. The molecular weight excluding hydrogens is 255 g/mol. The van der Waals surface area contributed by atoms with Crippen LogP contribution in [-0.2, 0) is 9.84 Å². The minimum atomic E-state index is -5.31. The average molecular weight is 261 g/mol. The minimum Gasteiger partial charge on any atom is -0.256 e. The first-order chi connectivity index (χ1) is 7.82. The van der Waals surface area contributed by atoms with Gasteiger partial charge in [-0.05, 0) is 18.2 Å². The van der Waals surface area contributed by atoms with Crippen LogP contribution in [0.15, 0.2) is 41.4 Å². The van der Waals surface area contributed by atoms with Gasteiger partial charge in [0.15, 0.2) is 0 Å². The van der Waals surface area contributed by atoms with Crippen molar-refractivity contribution in [3.63, 3.8) is 0 Å². The first-order valence-corrected chi connectivity index (χ1v) is 5.97. The van der Waals surface area contributed by atoms with Gasteiger partial charge in [-0.1, -0.05) is 12.1 Å². The van der Waals surface area contributed by atoms with Crippen molar-refractivity contribution < 1.29 is 21.6 Å². The van der Waals surface area contributed by atoms with Crippen LogP contribution in [0.3, 0.4) is 0 Å². The highest BCUT2D eigenvalue weighted by Crippen LogP contribution is 2.31. The summed E-state index contributed by atoms with van der Waals surface area (Å²) in [7, 11) is -5.31. The summed E-state index contributed by atoms with van der Waals surface area (Å²) in [6.07, 6.45) is 1.38. The van der Waals surface area contributed by atoms with Crippen LogP contribution in [0, 0.1) is 0 Å². The van der Waals surface area contributed by atoms with Gasteiger partial charge in [0.25, 0.3) is 9.84 Å². The number of alkyl halides is 3. The first kappa shape index (κ1) is 11.8. The second-order valence-corrected chi connectivity index (χ2v) is 5.25. The molecule has 0 aliphatic carbocycles. The van der Waals surface area contributed by atoms with Crippen molar-refractivity contribution >= 4 is 20.7 Å². The highest BCUT2D eigenvalue weighted by molar-refractivity contribution is 7.92. The fourth-order valence-corrected chi connectivity index (χ4v) is 2.13. The summed E-state index contributed by atoms with van der Waals surface area (Å²) < 4.78 is 59.2. The maximum Gasteiger partial charge on any atom is 0.501 e. The molecule has 0 saturated carbocycles. The highest BCUT2D eigenvalue weighted by Gasteiger charge is 2.46. The van der Waals surface area contributed by atoms with Crippen molar-refractivity contribution in [2.75, 3.05) is 0 Å². The Morgan fingerprint density at radius 3 is 2.47 bits per heavy atom. The van der Waals surface area contributed by atoms with Crippen LogP contribution in [0.5, 0.6) is 0 Å². The SMILES string of the molecule is O=S(=O)(c1ccc2cccnc2c1)C(F)(F)F. The quantitative estimate of drug-likeness (QED) is 0.792. The topological polar surface area (TPSA) is 47.0 Å². The van der Waals surface area contributed by atoms with Crippen LogP contribution in [0.2, 0.25) is 0 Å². The van der Waals surface area contributed by atoms with Gasteiger partial charge in [0.2, 0.25) is 0 Å². The van der Waals surface area contributed by atoms with Gasteiger partial charge >= 0.3 is 5.51 Å². The maximum atomic E-state index is 12.3. The van der Waals surface area contributed by atoms with E-state index in [4.69, 9.17) is 0 Å². The molecule has 0 amide bonds. The lowest BCUT2D eigenvalue weighted by Crippen LogP contribution is -2.23. The van der Waals surface area contributed by atoms with E-state index in [9.17, 15) is 21.6 Å². The summed E-state index contributed by atoms with van der Waals surface area (Å²) in [4.78, 5) is 3.01. The van der Waals surface area contributed by atoms with Crippen molar-refractivity contribution in [1.29, 1.82) is 0 Å². The number of aromatic nitrogens is 1. The molecule has 0 unspecified atom stereocenters. The second kappa shape index (κ2) is 3.69. The third-order valence-electron chi connectivity index (χ3n) is 2.19. The van der Waals surface area contributed by atoms with Gasteiger partial charge in [-0.2, -0.15) is 13.2 Å². The van der Waals surface area contributed by atoms with E-state index in [-0.39, 0.29) is 5.52 Å². The number of nitrogens with zero attached hydrogens (tertiary/aromatic N) is 1. The monoisotopic (exact) mass is 261 g/mol. The fraction of sp³-hybridized carbons (Fsp3) is 0.100. The van der Waals surface area contributed by atoms with Crippen LogP contribution in [0.25, 0.3) is 10.9 Å². The summed E-state index contributed by atoms with van der Waals surface area (Å²) in [5.74, 6) is 0. The number of fused-ring (bicyclic) bond motifs is 1. The molecule has 90 valence electrons. The van der Waals surface area contributed by atoms with Crippen LogP contribution >= 0.6 is 0 Å². The zero-order chi connectivity index (χ0) is 12.7. The van der Waals surface area contributed by atoms with Gasteiger partial charge in [0.05, 0.1) is 10.4 Å². The van der Waals surface area contributed by atoms with Crippen LogP contribution < -0.4 is 0 Å². The molecule has 0 fully saturated rings. The Morgan fingerprint density at radius 1 is 1.12 bits per heavy atom. The van der Waals surface area contributed by atoms with E-state index >= 15 is 0 Å². The van der Waals surface area contributed by atoms with Gasteiger partial charge in [0.1, 0.15) is 0 Å². The number of sulfone groups is 1. The molecule has 0 aliphatic heterocycles. The Labute approximate surface area is 94.8 Å². The Bertz CT molecular complexity index is 665. The third-order valence-corrected chi connectivity index (χ3v) is 3.68.